The summed E-state index contributed by atoms with van der Waals surface area (Å²) in [6.07, 6.45) is 5.98. The first-order chi connectivity index (χ1) is 21.3. The van der Waals surface area contributed by atoms with E-state index < -0.39 is 11.2 Å². The summed E-state index contributed by atoms with van der Waals surface area (Å²) in [5, 5.41) is 0.269. The molecule has 44 heavy (non-hydrogen) atoms. The highest BCUT2D eigenvalue weighted by atomic mass is 16.7. The molecule has 0 spiro atoms. The van der Waals surface area contributed by atoms with E-state index in [0.717, 1.165) is 41.5 Å². The Hall–Kier alpha value is -4.66. The monoisotopic (exact) mass is 595 g/mol. The number of Topliss-reactive ketones (excluding diaryl/α,β-unsaturated/α-hetero) is 1. The van der Waals surface area contributed by atoms with E-state index in [9.17, 15) is 19.2 Å². The largest absolute Gasteiger partial charge is 0.454 e. The SMILES string of the molecule is CCN(C(=O)Cn1c(=O)n(Cc2ccc3c(c2)OCO3)c(=O)c2ccc(C(=O)CC3CCCCC3)cc21)c1cccc(C)c1. The Labute approximate surface area is 255 Å². The van der Waals surface area contributed by atoms with Crippen molar-refractivity contribution in [2.24, 2.45) is 5.92 Å². The van der Waals surface area contributed by atoms with Gasteiger partial charge in [-0.15, -0.1) is 0 Å². The summed E-state index contributed by atoms with van der Waals surface area (Å²) in [5.74, 6) is 1.18. The topological polar surface area (TPSA) is 99.8 Å². The number of anilines is 1. The summed E-state index contributed by atoms with van der Waals surface area (Å²) < 4.78 is 13.4. The van der Waals surface area contributed by atoms with Crippen molar-refractivity contribution in [2.75, 3.05) is 18.2 Å². The van der Waals surface area contributed by atoms with E-state index in [1.54, 1.807) is 41.3 Å². The number of hydrogen-bond acceptors (Lipinski definition) is 6. The lowest BCUT2D eigenvalue weighted by atomic mass is 9.85. The molecule has 0 unspecified atom stereocenters. The number of nitrogens with zero attached hydrogens (tertiary/aromatic N) is 3. The van der Waals surface area contributed by atoms with Crippen LogP contribution in [0.1, 0.15) is 66.9 Å². The first kappa shape index (κ1) is 29.4. The minimum Gasteiger partial charge on any atom is -0.454 e. The minimum atomic E-state index is -0.620. The molecule has 0 atom stereocenters. The van der Waals surface area contributed by atoms with Gasteiger partial charge in [0.15, 0.2) is 17.3 Å². The molecule has 1 aliphatic heterocycles. The van der Waals surface area contributed by atoms with Crippen molar-refractivity contribution in [3.05, 3.63) is 98.2 Å². The maximum Gasteiger partial charge on any atom is 0.332 e. The number of rotatable bonds is 9. The Bertz CT molecular complexity index is 1850. The smallest absolute Gasteiger partial charge is 0.332 e. The molecule has 0 N–H and O–H groups in total. The maximum atomic E-state index is 14.1. The molecule has 4 aromatic rings. The highest BCUT2D eigenvalue weighted by molar-refractivity contribution is 6.00. The summed E-state index contributed by atoms with van der Waals surface area (Å²) in [5.41, 5.74) is 2.05. The van der Waals surface area contributed by atoms with Gasteiger partial charge in [0.1, 0.15) is 6.54 Å². The van der Waals surface area contributed by atoms with Crippen molar-refractivity contribution in [1.82, 2.24) is 9.13 Å². The normalized spacial score (nSPS) is 14.6. The average molecular weight is 596 g/mol. The molecule has 6 rings (SSSR count). The minimum absolute atomic E-state index is 0.0105. The van der Waals surface area contributed by atoms with Crippen molar-refractivity contribution in [3.8, 4) is 11.5 Å². The zero-order valence-electron chi connectivity index (χ0n) is 25.2. The predicted molar refractivity (Wildman–Crippen MR) is 169 cm³/mol. The van der Waals surface area contributed by atoms with Crippen molar-refractivity contribution >= 4 is 28.3 Å². The number of benzene rings is 3. The van der Waals surface area contributed by atoms with Gasteiger partial charge in [-0.05, 0) is 67.3 Å². The van der Waals surface area contributed by atoms with Gasteiger partial charge in [0.25, 0.3) is 5.56 Å². The third kappa shape index (κ3) is 5.91. The number of hydrogen-bond donors (Lipinski definition) is 0. The van der Waals surface area contributed by atoms with Gasteiger partial charge in [0.2, 0.25) is 12.7 Å². The second kappa shape index (κ2) is 12.5. The molecular formula is C35H37N3O6. The molecule has 1 saturated carbocycles. The van der Waals surface area contributed by atoms with Gasteiger partial charge < -0.3 is 14.4 Å². The first-order valence-corrected chi connectivity index (χ1v) is 15.4. The Kier molecular flexibility index (Phi) is 8.37. The molecule has 1 aromatic heterocycles. The Morgan fingerprint density at radius 3 is 2.48 bits per heavy atom. The quantitative estimate of drug-likeness (QED) is 0.239. The number of aromatic nitrogens is 2. The first-order valence-electron chi connectivity index (χ1n) is 15.4. The van der Waals surface area contributed by atoms with Crippen LogP contribution >= 0.6 is 0 Å². The lowest BCUT2D eigenvalue weighted by molar-refractivity contribution is -0.119. The summed E-state index contributed by atoms with van der Waals surface area (Å²) >= 11 is 0. The molecule has 9 heteroatoms. The molecule has 0 bridgehead atoms. The van der Waals surface area contributed by atoms with E-state index in [4.69, 9.17) is 9.47 Å². The summed E-state index contributed by atoms with van der Waals surface area (Å²) in [6, 6.07) is 17.8. The molecule has 0 radical (unpaired) electrons. The number of carbonyl (C=O) groups excluding carboxylic acids is 2. The molecule has 1 aliphatic carbocycles. The predicted octanol–water partition coefficient (Wildman–Crippen LogP) is 5.45. The lowest BCUT2D eigenvalue weighted by Gasteiger charge is -2.23. The highest BCUT2D eigenvalue weighted by Gasteiger charge is 2.23. The van der Waals surface area contributed by atoms with Crippen molar-refractivity contribution in [2.45, 2.75) is 65.5 Å². The van der Waals surface area contributed by atoms with Gasteiger partial charge in [0.05, 0.1) is 17.4 Å². The van der Waals surface area contributed by atoms with E-state index in [-0.39, 0.29) is 42.5 Å². The van der Waals surface area contributed by atoms with Crippen LogP contribution in [-0.2, 0) is 17.9 Å². The second-order valence-electron chi connectivity index (χ2n) is 11.8. The van der Waals surface area contributed by atoms with Crippen LogP contribution in [0.25, 0.3) is 10.9 Å². The molecule has 2 heterocycles. The van der Waals surface area contributed by atoms with Gasteiger partial charge in [-0.3, -0.25) is 23.5 Å². The van der Waals surface area contributed by atoms with Crippen molar-refractivity contribution < 1.29 is 19.1 Å². The van der Waals surface area contributed by atoms with Gasteiger partial charge in [-0.1, -0.05) is 56.4 Å². The van der Waals surface area contributed by atoms with Crippen molar-refractivity contribution in [3.63, 3.8) is 0 Å². The number of ketones is 1. The molecule has 2 aliphatic rings. The zero-order chi connectivity index (χ0) is 30.8. The molecular weight excluding hydrogens is 558 g/mol. The fourth-order valence-electron chi connectivity index (χ4n) is 6.40. The number of ether oxygens (including phenoxy) is 2. The molecule has 228 valence electrons. The van der Waals surface area contributed by atoms with Crippen LogP contribution in [0, 0.1) is 12.8 Å². The number of aryl methyl sites for hydroxylation is 1. The van der Waals surface area contributed by atoms with Crippen LogP contribution in [0.3, 0.4) is 0 Å². The number of fused-ring (bicyclic) bond motifs is 2. The molecule has 9 nitrogen and oxygen atoms in total. The molecule has 1 amide bonds. The van der Waals surface area contributed by atoms with Crippen LogP contribution in [0.2, 0.25) is 0 Å². The van der Waals surface area contributed by atoms with Crippen LogP contribution in [0.5, 0.6) is 11.5 Å². The van der Waals surface area contributed by atoms with E-state index in [1.165, 1.54) is 11.0 Å². The van der Waals surface area contributed by atoms with E-state index >= 15 is 0 Å². The van der Waals surface area contributed by atoms with E-state index in [1.807, 2.05) is 38.1 Å². The van der Waals surface area contributed by atoms with Gasteiger partial charge in [0, 0.05) is 24.2 Å². The third-order valence-corrected chi connectivity index (χ3v) is 8.75. The Balaban J connectivity index is 1.42. The van der Waals surface area contributed by atoms with Crippen LogP contribution < -0.4 is 25.6 Å². The number of likely N-dealkylation sites (N-methyl/N-ethyl adjacent to an activating group) is 1. The Morgan fingerprint density at radius 2 is 1.70 bits per heavy atom. The number of amides is 1. The van der Waals surface area contributed by atoms with Crippen LogP contribution in [0.4, 0.5) is 5.69 Å². The zero-order valence-corrected chi connectivity index (χ0v) is 25.2. The lowest BCUT2D eigenvalue weighted by Crippen LogP contribution is -2.44. The third-order valence-electron chi connectivity index (χ3n) is 8.75. The summed E-state index contributed by atoms with van der Waals surface area (Å²) in [6.45, 7) is 4.04. The van der Waals surface area contributed by atoms with Gasteiger partial charge in [-0.2, -0.15) is 0 Å². The fraction of sp³-hybridized carbons (Fsp3) is 0.371. The van der Waals surface area contributed by atoms with E-state index in [2.05, 4.69) is 0 Å². The number of carbonyl (C=O) groups is 2. The van der Waals surface area contributed by atoms with Gasteiger partial charge >= 0.3 is 5.69 Å². The Morgan fingerprint density at radius 1 is 0.909 bits per heavy atom. The highest BCUT2D eigenvalue weighted by Crippen LogP contribution is 2.33. The fourth-order valence-corrected chi connectivity index (χ4v) is 6.40. The van der Waals surface area contributed by atoms with E-state index in [0.29, 0.717) is 41.5 Å². The molecule has 3 aromatic carbocycles. The maximum absolute atomic E-state index is 14.1. The van der Waals surface area contributed by atoms with Gasteiger partial charge in [-0.25, -0.2) is 4.79 Å². The summed E-state index contributed by atoms with van der Waals surface area (Å²) in [7, 11) is 0. The second-order valence-corrected chi connectivity index (χ2v) is 11.8. The molecule has 1 fully saturated rings. The van der Waals surface area contributed by atoms with Crippen LogP contribution in [0.15, 0.2) is 70.3 Å². The van der Waals surface area contributed by atoms with Crippen LogP contribution in [-0.4, -0.2) is 34.2 Å². The van der Waals surface area contributed by atoms with Crippen molar-refractivity contribution in [1.29, 1.82) is 0 Å². The summed E-state index contributed by atoms with van der Waals surface area (Å²) in [4.78, 5) is 56.7. The average Bonchev–Trinajstić information content (AvgIpc) is 3.50. The molecule has 0 saturated heterocycles. The standard InChI is InChI=1S/C35H37N3O6/c1-3-36(27-11-7-8-23(2)16-27)33(40)21-37-29-19-26(30(39)17-24-9-5-4-6-10-24)13-14-28(29)34(41)38(35(37)42)20-25-12-15-31-32(18-25)44-22-43-31/h7-8,11-16,18-19,24H,3-6,9-10,17,20-22H2,1-2H3.